The fourth-order valence-electron chi connectivity index (χ4n) is 2.29. The summed E-state index contributed by atoms with van der Waals surface area (Å²) in [4.78, 5) is 0. The van der Waals surface area contributed by atoms with Crippen molar-refractivity contribution in [2.45, 2.75) is 19.9 Å². The minimum atomic E-state index is -0.212. The van der Waals surface area contributed by atoms with Crippen LogP contribution in [0.2, 0.25) is 0 Å². The summed E-state index contributed by atoms with van der Waals surface area (Å²) < 4.78 is 15.9. The van der Waals surface area contributed by atoms with Crippen molar-refractivity contribution in [1.82, 2.24) is 5.32 Å². The summed E-state index contributed by atoms with van der Waals surface area (Å²) in [6.45, 7) is 4.82. The highest BCUT2D eigenvalue weighted by atomic mass is 79.9. The minimum Gasteiger partial charge on any atom is -0.306 e. The van der Waals surface area contributed by atoms with Gasteiger partial charge >= 0.3 is 0 Å². The summed E-state index contributed by atoms with van der Waals surface area (Å²) in [5, 5.41) is 3.36. The highest BCUT2D eigenvalue weighted by Gasteiger charge is 2.19. The molecular formula is C16H16Br2FN. The molecule has 0 amide bonds. The van der Waals surface area contributed by atoms with E-state index in [-0.39, 0.29) is 11.9 Å². The van der Waals surface area contributed by atoms with Crippen molar-refractivity contribution in [1.29, 1.82) is 0 Å². The van der Waals surface area contributed by atoms with Gasteiger partial charge in [0.1, 0.15) is 5.82 Å². The second kappa shape index (κ2) is 6.83. The van der Waals surface area contributed by atoms with Gasteiger partial charge in [0.25, 0.3) is 0 Å². The maximum Gasteiger partial charge on any atom is 0.142 e. The maximum absolute atomic E-state index is 14.4. The third-order valence-corrected chi connectivity index (χ3v) is 4.17. The lowest BCUT2D eigenvalue weighted by Gasteiger charge is -2.21. The maximum atomic E-state index is 14.4. The minimum absolute atomic E-state index is 0.159. The third-order valence-electron chi connectivity index (χ3n) is 3.10. The van der Waals surface area contributed by atoms with Crippen LogP contribution < -0.4 is 5.32 Å². The number of nitrogens with one attached hydrogen (secondary N) is 1. The Morgan fingerprint density at radius 3 is 2.60 bits per heavy atom. The second-order valence-corrected chi connectivity index (χ2v) is 6.47. The molecule has 0 spiro atoms. The molecule has 0 radical (unpaired) electrons. The van der Waals surface area contributed by atoms with Gasteiger partial charge in [0, 0.05) is 10.0 Å². The molecule has 0 saturated carbocycles. The fourth-order valence-corrected chi connectivity index (χ4v) is 3.29. The quantitative estimate of drug-likeness (QED) is 0.728. The lowest BCUT2D eigenvalue weighted by Crippen LogP contribution is -2.23. The van der Waals surface area contributed by atoms with E-state index in [1.165, 1.54) is 0 Å². The molecule has 2 aromatic rings. The zero-order chi connectivity index (χ0) is 14.7. The summed E-state index contributed by atoms with van der Waals surface area (Å²) >= 11 is 6.76. The SMILES string of the molecule is CCNC(c1cc(C)cc(Br)c1)c1cccc(Br)c1F. The van der Waals surface area contributed by atoms with E-state index in [0.29, 0.717) is 10.0 Å². The van der Waals surface area contributed by atoms with Crippen LogP contribution in [0.3, 0.4) is 0 Å². The van der Waals surface area contributed by atoms with E-state index in [4.69, 9.17) is 0 Å². The zero-order valence-electron chi connectivity index (χ0n) is 11.4. The molecule has 0 saturated heterocycles. The van der Waals surface area contributed by atoms with Gasteiger partial charge in [-0.25, -0.2) is 4.39 Å². The third kappa shape index (κ3) is 3.48. The van der Waals surface area contributed by atoms with E-state index in [1.807, 2.05) is 38.1 Å². The van der Waals surface area contributed by atoms with Crippen LogP contribution in [-0.2, 0) is 0 Å². The largest absolute Gasteiger partial charge is 0.306 e. The molecule has 0 bridgehead atoms. The summed E-state index contributed by atoms with van der Waals surface area (Å²) in [5.74, 6) is -0.212. The average Bonchev–Trinajstić information content (AvgIpc) is 2.38. The molecule has 4 heteroatoms. The Balaban J connectivity index is 2.53. The Morgan fingerprint density at radius 2 is 1.95 bits per heavy atom. The second-order valence-electron chi connectivity index (χ2n) is 4.70. The van der Waals surface area contributed by atoms with Crippen LogP contribution >= 0.6 is 31.9 Å². The number of benzene rings is 2. The topological polar surface area (TPSA) is 12.0 Å². The van der Waals surface area contributed by atoms with Gasteiger partial charge in [-0.15, -0.1) is 0 Å². The molecule has 0 heterocycles. The predicted molar refractivity (Wildman–Crippen MR) is 88.5 cm³/mol. The van der Waals surface area contributed by atoms with Gasteiger partial charge in [0.05, 0.1) is 10.5 Å². The monoisotopic (exact) mass is 399 g/mol. The first kappa shape index (κ1) is 15.7. The van der Waals surface area contributed by atoms with E-state index in [2.05, 4.69) is 43.2 Å². The zero-order valence-corrected chi connectivity index (χ0v) is 14.6. The molecular weight excluding hydrogens is 385 g/mol. The Hall–Kier alpha value is -0.710. The van der Waals surface area contributed by atoms with Gasteiger partial charge in [-0.3, -0.25) is 0 Å². The number of aryl methyl sites for hydroxylation is 1. The summed E-state index contributed by atoms with van der Waals surface area (Å²) in [5.41, 5.74) is 2.85. The molecule has 0 aromatic heterocycles. The molecule has 1 unspecified atom stereocenters. The molecule has 0 aliphatic rings. The van der Waals surface area contributed by atoms with Crippen LogP contribution in [0.25, 0.3) is 0 Å². The van der Waals surface area contributed by atoms with Crippen LogP contribution in [0.4, 0.5) is 4.39 Å². The Morgan fingerprint density at radius 1 is 1.20 bits per heavy atom. The standard InChI is InChI=1S/C16H16Br2FN/c1-3-20-16(11-7-10(2)8-12(17)9-11)13-5-4-6-14(18)15(13)19/h4-9,16,20H,3H2,1-2H3. The van der Waals surface area contributed by atoms with Gasteiger partial charge in [0.2, 0.25) is 0 Å². The Kier molecular flexibility index (Phi) is 5.35. The van der Waals surface area contributed by atoms with Gasteiger partial charge in [-0.1, -0.05) is 41.1 Å². The van der Waals surface area contributed by atoms with E-state index in [9.17, 15) is 4.39 Å². The highest BCUT2D eigenvalue weighted by molar-refractivity contribution is 9.10. The molecule has 2 aromatic carbocycles. The first-order valence-corrected chi connectivity index (χ1v) is 8.06. The van der Waals surface area contributed by atoms with Crippen molar-refractivity contribution in [3.05, 3.63) is 67.9 Å². The van der Waals surface area contributed by atoms with E-state index < -0.39 is 0 Å². The molecule has 106 valence electrons. The highest BCUT2D eigenvalue weighted by Crippen LogP contribution is 2.30. The van der Waals surface area contributed by atoms with E-state index >= 15 is 0 Å². The van der Waals surface area contributed by atoms with Crippen molar-refractivity contribution in [2.24, 2.45) is 0 Å². The van der Waals surface area contributed by atoms with E-state index in [1.54, 1.807) is 6.07 Å². The molecule has 0 aliphatic heterocycles. The van der Waals surface area contributed by atoms with Crippen LogP contribution in [0.1, 0.15) is 29.7 Å². The first-order valence-electron chi connectivity index (χ1n) is 6.47. The molecule has 1 atom stereocenters. The lowest BCUT2D eigenvalue weighted by molar-refractivity contribution is 0.554. The fraction of sp³-hybridized carbons (Fsp3) is 0.250. The van der Waals surface area contributed by atoms with Crippen LogP contribution in [0.5, 0.6) is 0 Å². The van der Waals surface area contributed by atoms with Crippen molar-refractivity contribution < 1.29 is 4.39 Å². The van der Waals surface area contributed by atoms with Crippen LogP contribution in [0, 0.1) is 12.7 Å². The van der Waals surface area contributed by atoms with Crippen molar-refractivity contribution in [2.75, 3.05) is 6.54 Å². The lowest BCUT2D eigenvalue weighted by atomic mass is 9.97. The average molecular weight is 401 g/mol. The summed E-state index contributed by atoms with van der Waals surface area (Å²) in [6, 6.07) is 11.4. The van der Waals surface area contributed by atoms with Crippen LogP contribution in [0.15, 0.2) is 45.3 Å². The molecule has 0 aliphatic carbocycles. The summed E-state index contributed by atoms with van der Waals surface area (Å²) in [7, 11) is 0. The Labute approximate surface area is 135 Å². The summed E-state index contributed by atoms with van der Waals surface area (Å²) in [6.07, 6.45) is 0. The Bertz CT molecular complexity index is 593. The first-order chi connectivity index (χ1) is 9.52. The van der Waals surface area contributed by atoms with Gasteiger partial charge in [-0.05, 0) is 58.7 Å². The molecule has 20 heavy (non-hydrogen) atoms. The molecule has 1 nitrogen and oxygen atoms in total. The normalized spacial score (nSPS) is 12.4. The smallest absolute Gasteiger partial charge is 0.142 e. The number of rotatable bonds is 4. The van der Waals surface area contributed by atoms with Crippen LogP contribution in [-0.4, -0.2) is 6.54 Å². The number of hydrogen-bond donors (Lipinski definition) is 1. The van der Waals surface area contributed by atoms with Gasteiger partial charge in [0.15, 0.2) is 0 Å². The number of halogens is 3. The van der Waals surface area contributed by atoms with Gasteiger partial charge in [-0.2, -0.15) is 0 Å². The predicted octanol–water partition coefficient (Wildman–Crippen LogP) is 5.36. The van der Waals surface area contributed by atoms with Crippen molar-refractivity contribution >= 4 is 31.9 Å². The van der Waals surface area contributed by atoms with Gasteiger partial charge < -0.3 is 5.32 Å². The molecule has 1 N–H and O–H groups in total. The number of hydrogen-bond acceptors (Lipinski definition) is 1. The molecule has 0 fully saturated rings. The van der Waals surface area contributed by atoms with E-state index in [0.717, 1.165) is 22.1 Å². The van der Waals surface area contributed by atoms with Crippen molar-refractivity contribution in [3.8, 4) is 0 Å². The molecule has 2 rings (SSSR count). The van der Waals surface area contributed by atoms with Crippen molar-refractivity contribution in [3.63, 3.8) is 0 Å².